The minimum atomic E-state index is 0.652. The van der Waals surface area contributed by atoms with Crippen LogP contribution >= 0.6 is 0 Å². The van der Waals surface area contributed by atoms with Gasteiger partial charge < -0.3 is 10.5 Å². The van der Waals surface area contributed by atoms with Crippen LogP contribution in [-0.4, -0.2) is 43.8 Å². The van der Waals surface area contributed by atoms with E-state index in [1.165, 1.54) is 19.3 Å². The Kier molecular flexibility index (Phi) is 2.86. The fourth-order valence-electron chi connectivity index (χ4n) is 2.48. The molecular formula is C10H20N2O. The second kappa shape index (κ2) is 3.95. The molecule has 2 fully saturated rings. The Morgan fingerprint density at radius 3 is 2.69 bits per heavy atom. The summed E-state index contributed by atoms with van der Waals surface area (Å²) in [6, 6.07) is 1.39. The predicted molar refractivity (Wildman–Crippen MR) is 52.6 cm³/mol. The van der Waals surface area contributed by atoms with Gasteiger partial charge in [-0.15, -0.1) is 0 Å². The first kappa shape index (κ1) is 9.44. The van der Waals surface area contributed by atoms with Gasteiger partial charge in [0.2, 0.25) is 0 Å². The molecule has 0 radical (unpaired) electrons. The van der Waals surface area contributed by atoms with Crippen LogP contribution in [-0.2, 0) is 4.74 Å². The maximum atomic E-state index is 5.70. The summed E-state index contributed by atoms with van der Waals surface area (Å²) < 4.78 is 5.39. The first-order valence-electron chi connectivity index (χ1n) is 5.32. The quantitative estimate of drug-likeness (QED) is 0.692. The average Bonchev–Trinajstić information content (AvgIpc) is 2.54. The summed E-state index contributed by atoms with van der Waals surface area (Å²) in [5, 5.41) is 0. The third kappa shape index (κ3) is 1.73. The Hall–Kier alpha value is -0.120. The summed E-state index contributed by atoms with van der Waals surface area (Å²) in [4.78, 5) is 2.49. The maximum absolute atomic E-state index is 5.70. The Bertz CT molecular complexity index is 166. The normalized spacial score (nSPS) is 39.5. The second-order valence-corrected chi connectivity index (χ2v) is 4.32. The van der Waals surface area contributed by atoms with E-state index in [9.17, 15) is 0 Å². The molecule has 1 aliphatic heterocycles. The summed E-state index contributed by atoms with van der Waals surface area (Å²) in [7, 11) is 2.23. The molecule has 0 amide bonds. The zero-order valence-corrected chi connectivity index (χ0v) is 8.41. The number of likely N-dealkylation sites (N-methyl/N-ethyl adjacent to an activating group) is 1. The highest BCUT2D eigenvalue weighted by Gasteiger charge is 2.36. The van der Waals surface area contributed by atoms with Gasteiger partial charge >= 0.3 is 0 Å². The van der Waals surface area contributed by atoms with Crippen molar-refractivity contribution >= 4 is 0 Å². The van der Waals surface area contributed by atoms with E-state index < -0.39 is 0 Å². The van der Waals surface area contributed by atoms with Crippen LogP contribution in [0.4, 0.5) is 0 Å². The van der Waals surface area contributed by atoms with Crippen molar-refractivity contribution < 1.29 is 4.74 Å². The molecule has 1 saturated heterocycles. The molecule has 1 heterocycles. The molecule has 0 aromatic rings. The summed E-state index contributed by atoms with van der Waals surface area (Å²) >= 11 is 0. The summed E-state index contributed by atoms with van der Waals surface area (Å²) in [6.45, 7) is 2.71. The van der Waals surface area contributed by atoms with Gasteiger partial charge in [0.15, 0.2) is 0 Å². The van der Waals surface area contributed by atoms with E-state index in [-0.39, 0.29) is 0 Å². The van der Waals surface area contributed by atoms with Crippen LogP contribution < -0.4 is 5.73 Å². The topological polar surface area (TPSA) is 38.5 Å². The van der Waals surface area contributed by atoms with Gasteiger partial charge in [0.1, 0.15) is 0 Å². The number of nitrogens with zero attached hydrogens (tertiary/aromatic N) is 1. The smallest absolute Gasteiger partial charge is 0.0622 e. The van der Waals surface area contributed by atoms with Gasteiger partial charge in [-0.05, 0) is 38.8 Å². The fraction of sp³-hybridized carbons (Fsp3) is 1.00. The third-order valence-corrected chi connectivity index (χ3v) is 3.68. The van der Waals surface area contributed by atoms with Crippen LogP contribution in [0.15, 0.2) is 0 Å². The zero-order valence-electron chi connectivity index (χ0n) is 8.41. The molecule has 0 bridgehead atoms. The van der Waals surface area contributed by atoms with Gasteiger partial charge in [0.05, 0.1) is 6.61 Å². The Morgan fingerprint density at radius 1 is 1.38 bits per heavy atom. The van der Waals surface area contributed by atoms with Crippen LogP contribution in [0.3, 0.4) is 0 Å². The molecular weight excluding hydrogens is 164 g/mol. The van der Waals surface area contributed by atoms with E-state index in [2.05, 4.69) is 11.9 Å². The molecule has 1 aliphatic carbocycles. The van der Waals surface area contributed by atoms with Crippen LogP contribution in [0.1, 0.15) is 19.3 Å². The molecule has 2 N–H and O–H groups in total. The lowest BCUT2D eigenvalue weighted by Crippen LogP contribution is -2.52. The number of hydrogen-bond acceptors (Lipinski definition) is 3. The lowest BCUT2D eigenvalue weighted by molar-refractivity contribution is 0.0478. The first-order chi connectivity index (χ1) is 6.33. The van der Waals surface area contributed by atoms with Gasteiger partial charge in [-0.3, -0.25) is 4.90 Å². The van der Waals surface area contributed by atoms with Crippen molar-refractivity contribution in [3.05, 3.63) is 0 Å². The van der Waals surface area contributed by atoms with Gasteiger partial charge in [0.25, 0.3) is 0 Å². The largest absolute Gasteiger partial charge is 0.380 e. The SMILES string of the molecule is CN(C1CCOC1)C1CCC1CN. The van der Waals surface area contributed by atoms with Crippen molar-refractivity contribution in [1.29, 1.82) is 0 Å². The third-order valence-electron chi connectivity index (χ3n) is 3.68. The number of ether oxygens (including phenoxy) is 1. The van der Waals surface area contributed by atoms with Crippen LogP contribution in [0.2, 0.25) is 0 Å². The van der Waals surface area contributed by atoms with Gasteiger partial charge in [-0.2, -0.15) is 0 Å². The van der Waals surface area contributed by atoms with Crippen molar-refractivity contribution in [2.75, 3.05) is 26.8 Å². The molecule has 3 nitrogen and oxygen atoms in total. The van der Waals surface area contributed by atoms with Gasteiger partial charge in [0, 0.05) is 18.7 Å². The summed E-state index contributed by atoms with van der Waals surface area (Å²) in [5.74, 6) is 0.741. The lowest BCUT2D eigenvalue weighted by atomic mass is 9.78. The first-order valence-corrected chi connectivity index (χ1v) is 5.32. The Morgan fingerprint density at radius 2 is 2.23 bits per heavy atom. The van der Waals surface area contributed by atoms with E-state index in [1.54, 1.807) is 0 Å². The van der Waals surface area contributed by atoms with E-state index >= 15 is 0 Å². The van der Waals surface area contributed by atoms with E-state index in [1.807, 2.05) is 0 Å². The van der Waals surface area contributed by atoms with Crippen molar-refractivity contribution in [1.82, 2.24) is 4.90 Å². The average molecular weight is 184 g/mol. The van der Waals surface area contributed by atoms with E-state index in [0.717, 1.165) is 31.7 Å². The number of hydrogen-bond donors (Lipinski definition) is 1. The monoisotopic (exact) mass is 184 g/mol. The maximum Gasteiger partial charge on any atom is 0.0622 e. The molecule has 0 aromatic heterocycles. The standard InChI is InChI=1S/C10H20N2O/c1-12(9-4-5-13-7-9)10-3-2-8(10)6-11/h8-10H,2-7,11H2,1H3. The van der Waals surface area contributed by atoms with Crippen LogP contribution in [0.25, 0.3) is 0 Å². The Balaban J connectivity index is 1.85. The lowest BCUT2D eigenvalue weighted by Gasteiger charge is -2.44. The molecule has 0 spiro atoms. The highest BCUT2D eigenvalue weighted by Crippen LogP contribution is 2.32. The molecule has 1 saturated carbocycles. The molecule has 76 valence electrons. The molecule has 3 atom stereocenters. The molecule has 3 heteroatoms. The van der Waals surface area contributed by atoms with Crippen molar-refractivity contribution in [3.8, 4) is 0 Å². The predicted octanol–water partition coefficient (Wildman–Crippen LogP) is 0.444. The fourth-order valence-corrected chi connectivity index (χ4v) is 2.48. The van der Waals surface area contributed by atoms with E-state index in [4.69, 9.17) is 10.5 Å². The van der Waals surface area contributed by atoms with Crippen molar-refractivity contribution in [2.45, 2.75) is 31.3 Å². The van der Waals surface area contributed by atoms with Gasteiger partial charge in [-0.1, -0.05) is 0 Å². The highest BCUT2D eigenvalue weighted by molar-refractivity contribution is 4.91. The van der Waals surface area contributed by atoms with Crippen LogP contribution in [0.5, 0.6) is 0 Å². The molecule has 0 aromatic carbocycles. The molecule has 2 aliphatic rings. The second-order valence-electron chi connectivity index (χ2n) is 4.32. The van der Waals surface area contributed by atoms with Crippen molar-refractivity contribution in [3.63, 3.8) is 0 Å². The highest BCUT2D eigenvalue weighted by atomic mass is 16.5. The summed E-state index contributed by atoms with van der Waals surface area (Å²) in [5.41, 5.74) is 5.70. The van der Waals surface area contributed by atoms with Crippen molar-refractivity contribution in [2.24, 2.45) is 11.7 Å². The molecule has 13 heavy (non-hydrogen) atoms. The zero-order chi connectivity index (χ0) is 9.26. The van der Waals surface area contributed by atoms with Crippen LogP contribution in [0, 0.1) is 5.92 Å². The molecule has 2 rings (SSSR count). The Labute approximate surface area is 80.2 Å². The number of nitrogens with two attached hydrogens (primary N) is 1. The van der Waals surface area contributed by atoms with Gasteiger partial charge in [-0.25, -0.2) is 0 Å². The van der Waals surface area contributed by atoms with E-state index in [0.29, 0.717) is 6.04 Å². The minimum absolute atomic E-state index is 0.652. The molecule has 3 unspecified atom stereocenters. The summed E-state index contributed by atoms with van der Waals surface area (Å²) in [6.07, 6.45) is 3.85. The number of rotatable bonds is 3. The minimum Gasteiger partial charge on any atom is -0.380 e.